The normalized spacial score (nSPS) is 11.2. The number of nitrogens with zero attached hydrogens (tertiary/aromatic N) is 2. The zero-order valence-electron chi connectivity index (χ0n) is 9.71. The van der Waals surface area contributed by atoms with Gasteiger partial charge in [-0.25, -0.2) is 4.79 Å². The maximum absolute atomic E-state index is 10.8. The van der Waals surface area contributed by atoms with Crippen LogP contribution in [-0.2, 0) is 4.79 Å². The molecule has 88 valence electrons. The Kier molecular flexibility index (Phi) is 3.07. The Balaban J connectivity index is 2.72. The van der Waals surface area contributed by atoms with E-state index in [9.17, 15) is 4.79 Å². The molecule has 0 aliphatic rings. The average molecular weight is 238 g/mol. The lowest BCUT2D eigenvalue weighted by atomic mass is 10.1. The van der Waals surface area contributed by atoms with Gasteiger partial charge in [0.1, 0.15) is 11.6 Å². The lowest BCUT2D eigenvalue weighted by Gasteiger charge is -2.03. The molecule has 2 rings (SSSR count). The van der Waals surface area contributed by atoms with Crippen LogP contribution in [0.15, 0.2) is 35.9 Å². The van der Waals surface area contributed by atoms with Gasteiger partial charge in [-0.2, -0.15) is 5.26 Å². The molecule has 0 amide bonds. The molecule has 0 spiro atoms. The molecule has 1 N–H and O–H groups in total. The number of benzene rings is 1. The van der Waals surface area contributed by atoms with E-state index < -0.39 is 5.97 Å². The summed E-state index contributed by atoms with van der Waals surface area (Å²) >= 11 is 0. The Morgan fingerprint density at radius 2 is 2.17 bits per heavy atom. The van der Waals surface area contributed by atoms with Crippen LogP contribution < -0.4 is 0 Å². The highest BCUT2D eigenvalue weighted by atomic mass is 16.4. The number of carboxylic acid groups (broad SMARTS) is 1. The molecule has 0 saturated carbocycles. The summed E-state index contributed by atoms with van der Waals surface area (Å²) < 4.78 is 0. The highest BCUT2D eigenvalue weighted by molar-refractivity contribution is 5.99. The second-order valence-corrected chi connectivity index (χ2v) is 3.84. The summed E-state index contributed by atoms with van der Waals surface area (Å²) in [6, 6.07) is 10.9. The number of carboxylic acids is 1. The van der Waals surface area contributed by atoms with Gasteiger partial charge in [0.25, 0.3) is 0 Å². The van der Waals surface area contributed by atoms with Crippen LogP contribution in [0.1, 0.15) is 11.3 Å². The van der Waals surface area contributed by atoms with Gasteiger partial charge in [0.2, 0.25) is 0 Å². The quantitative estimate of drug-likeness (QED) is 0.644. The lowest BCUT2D eigenvalue weighted by molar-refractivity contribution is -0.132. The molecule has 1 aromatic heterocycles. The molecular formula is C14H10N2O2. The first-order valence-corrected chi connectivity index (χ1v) is 5.33. The van der Waals surface area contributed by atoms with Crippen molar-refractivity contribution in [3.63, 3.8) is 0 Å². The third kappa shape index (κ3) is 2.20. The lowest BCUT2D eigenvalue weighted by Crippen LogP contribution is -1.98. The van der Waals surface area contributed by atoms with E-state index in [0.717, 1.165) is 16.6 Å². The van der Waals surface area contributed by atoms with E-state index in [2.05, 4.69) is 4.98 Å². The number of aromatic nitrogens is 1. The molecule has 4 heteroatoms. The topological polar surface area (TPSA) is 74.0 Å². The standard InChI is InChI=1S/C14H10N2O2/c1-9-6-10(7-11(8-15)14(17)18)12-4-2-3-5-13(12)16-9/h2-7H,1H3,(H,17,18). The van der Waals surface area contributed by atoms with Crippen LogP contribution in [-0.4, -0.2) is 16.1 Å². The maximum Gasteiger partial charge on any atom is 0.346 e. The van der Waals surface area contributed by atoms with E-state index in [0.29, 0.717) is 5.56 Å². The summed E-state index contributed by atoms with van der Waals surface area (Å²) in [6.45, 7) is 1.83. The fourth-order valence-corrected chi connectivity index (χ4v) is 1.76. The number of hydrogen-bond acceptors (Lipinski definition) is 3. The summed E-state index contributed by atoms with van der Waals surface area (Å²) in [6.07, 6.45) is 1.37. The van der Waals surface area contributed by atoms with E-state index in [1.807, 2.05) is 31.2 Å². The highest BCUT2D eigenvalue weighted by Gasteiger charge is 2.08. The fraction of sp³-hybridized carbons (Fsp3) is 0.0714. The Labute approximate surface area is 104 Å². The predicted octanol–water partition coefficient (Wildman–Crippen LogP) is 2.53. The van der Waals surface area contributed by atoms with Crippen molar-refractivity contribution in [3.05, 3.63) is 47.2 Å². The first-order chi connectivity index (χ1) is 8.61. The SMILES string of the molecule is Cc1cc(C=C(C#N)C(=O)O)c2ccccc2n1. The van der Waals surface area contributed by atoms with Crippen LogP contribution in [0.25, 0.3) is 17.0 Å². The molecule has 0 atom stereocenters. The Morgan fingerprint density at radius 3 is 2.83 bits per heavy atom. The van der Waals surface area contributed by atoms with Gasteiger partial charge in [-0.15, -0.1) is 0 Å². The van der Waals surface area contributed by atoms with E-state index in [4.69, 9.17) is 10.4 Å². The van der Waals surface area contributed by atoms with Crippen LogP contribution in [0.5, 0.6) is 0 Å². The maximum atomic E-state index is 10.8. The third-order valence-electron chi connectivity index (χ3n) is 2.53. The van der Waals surface area contributed by atoms with Crippen molar-refractivity contribution in [3.8, 4) is 6.07 Å². The number of nitriles is 1. The molecule has 0 unspecified atom stereocenters. The van der Waals surface area contributed by atoms with Gasteiger partial charge in [-0.1, -0.05) is 18.2 Å². The Bertz CT molecular complexity index is 696. The van der Waals surface area contributed by atoms with Gasteiger partial charge in [0.05, 0.1) is 5.52 Å². The zero-order chi connectivity index (χ0) is 13.1. The summed E-state index contributed by atoms with van der Waals surface area (Å²) in [4.78, 5) is 15.2. The molecule has 1 heterocycles. The van der Waals surface area contributed by atoms with Gasteiger partial charge in [0, 0.05) is 11.1 Å². The largest absolute Gasteiger partial charge is 0.477 e. The summed E-state index contributed by atoms with van der Waals surface area (Å²) in [5.41, 5.74) is 1.97. The van der Waals surface area contributed by atoms with Crippen molar-refractivity contribution in [2.75, 3.05) is 0 Å². The number of hydrogen-bond donors (Lipinski definition) is 1. The van der Waals surface area contributed by atoms with Crippen molar-refractivity contribution < 1.29 is 9.90 Å². The molecular weight excluding hydrogens is 228 g/mol. The highest BCUT2D eigenvalue weighted by Crippen LogP contribution is 2.20. The zero-order valence-corrected chi connectivity index (χ0v) is 9.71. The summed E-state index contributed by atoms with van der Waals surface area (Å²) in [5, 5.41) is 18.5. The summed E-state index contributed by atoms with van der Waals surface area (Å²) in [7, 11) is 0. The number of rotatable bonds is 2. The molecule has 0 fully saturated rings. The van der Waals surface area contributed by atoms with Crippen molar-refractivity contribution in [1.29, 1.82) is 5.26 Å². The Morgan fingerprint density at radius 1 is 1.44 bits per heavy atom. The molecule has 4 nitrogen and oxygen atoms in total. The number of para-hydroxylation sites is 1. The van der Waals surface area contributed by atoms with Gasteiger partial charge in [0.15, 0.2) is 0 Å². The molecule has 18 heavy (non-hydrogen) atoms. The van der Waals surface area contributed by atoms with E-state index >= 15 is 0 Å². The van der Waals surface area contributed by atoms with Crippen molar-refractivity contribution in [2.24, 2.45) is 0 Å². The Hall–Kier alpha value is -2.67. The smallest absolute Gasteiger partial charge is 0.346 e. The number of pyridine rings is 1. The van der Waals surface area contributed by atoms with Gasteiger partial charge in [-0.05, 0) is 30.7 Å². The second-order valence-electron chi connectivity index (χ2n) is 3.84. The molecule has 0 bridgehead atoms. The van der Waals surface area contributed by atoms with Crippen LogP contribution in [0.2, 0.25) is 0 Å². The molecule has 0 saturated heterocycles. The monoisotopic (exact) mass is 238 g/mol. The first-order valence-electron chi connectivity index (χ1n) is 5.33. The fourth-order valence-electron chi connectivity index (χ4n) is 1.76. The van der Waals surface area contributed by atoms with Crippen LogP contribution >= 0.6 is 0 Å². The number of aliphatic carboxylic acids is 1. The molecule has 0 aliphatic carbocycles. The van der Waals surface area contributed by atoms with Crippen LogP contribution in [0, 0.1) is 18.3 Å². The predicted molar refractivity (Wildman–Crippen MR) is 67.7 cm³/mol. The average Bonchev–Trinajstić information content (AvgIpc) is 2.35. The van der Waals surface area contributed by atoms with E-state index in [-0.39, 0.29) is 5.57 Å². The summed E-state index contributed by atoms with van der Waals surface area (Å²) in [5.74, 6) is -1.23. The van der Waals surface area contributed by atoms with E-state index in [1.165, 1.54) is 6.08 Å². The van der Waals surface area contributed by atoms with Crippen molar-refractivity contribution in [2.45, 2.75) is 6.92 Å². The van der Waals surface area contributed by atoms with Gasteiger partial charge >= 0.3 is 5.97 Å². The first kappa shape index (κ1) is 11.8. The van der Waals surface area contributed by atoms with Crippen LogP contribution in [0.3, 0.4) is 0 Å². The number of fused-ring (bicyclic) bond motifs is 1. The minimum Gasteiger partial charge on any atom is -0.477 e. The molecule has 2 aromatic rings. The minimum atomic E-state index is -1.23. The van der Waals surface area contributed by atoms with Crippen molar-refractivity contribution in [1.82, 2.24) is 4.98 Å². The molecule has 0 aliphatic heterocycles. The van der Waals surface area contributed by atoms with Gasteiger partial charge in [-0.3, -0.25) is 4.98 Å². The van der Waals surface area contributed by atoms with Crippen LogP contribution in [0.4, 0.5) is 0 Å². The molecule has 0 radical (unpaired) electrons. The van der Waals surface area contributed by atoms with E-state index in [1.54, 1.807) is 12.1 Å². The van der Waals surface area contributed by atoms with Gasteiger partial charge < -0.3 is 5.11 Å². The number of carbonyl (C=O) groups is 1. The second kappa shape index (κ2) is 4.68. The third-order valence-corrected chi connectivity index (χ3v) is 2.53. The molecule has 1 aromatic carbocycles. The number of aryl methyl sites for hydroxylation is 1. The minimum absolute atomic E-state index is 0.286. The van der Waals surface area contributed by atoms with Crippen molar-refractivity contribution >= 4 is 22.9 Å².